The highest BCUT2D eigenvalue weighted by molar-refractivity contribution is 9.10. The molecule has 214 valence electrons. The maximum absolute atomic E-state index is 14.2. The minimum atomic E-state index is -3.82. The summed E-state index contributed by atoms with van der Waals surface area (Å²) in [6.07, 6.45) is 2.11. The van der Waals surface area contributed by atoms with Crippen LogP contribution in [0.3, 0.4) is 0 Å². The second-order valence-corrected chi connectivity index (χ2v) is 13.0. The van der Waals surface area contributed by atoms with E-state index in [0.717, 1.165) is 43.7 Å². The van der Waals surface area contributed by atoms with E-state index >= 15 is 0 Å². The van der Waals surface area contributed by atoms with Gasteiger partial charge in [0.05, 0.1) is 11.9 Å². The molecule has 0 saturated heterocycles. The summed E-state index contributed by atoms with van der Waals surface area (Å²) in [4.78, 5) is 29.4. The van der Waals surface area contributed by atoms with Crippen molar-refractivity contribution >= 4 is 43.5 Å². The topological polar surface area (TPSA) is 86.8 Å². The quantitative estimate of drug-likeness (QED) is 0.292. The lowest BCUT2D eigenvalue weighted by atomic mass is 10.0. The van der Waals surface area contributed by atoms with Crippen LogP contribution < -0.4 is 9.62 Å². The summed E-state index contributed by atoms with van der Waals surface area (Å²) in [5, 5.41) is 3.04. The number of nitrogens with zero attached hydrogens (tertiary/aromatic N) is 2. The van der Waals surface area contributed by atoms with Crippen molar-refractivity contribution in [3.8, 4) is 0 Å². The lowest BCUT2D eigenvalue weighted by molar-refractivity contribution is -0.140. The van der Waals surface area contributed by atoms with Crippen LogP contribution in [0, 0.1) is 13.8 Å². The molecule has 0 bridgehead atoms. The van der Waals surface area contributed by atoms with E-state index in [9.17, 15) is 18.0 Å². The van der Waals surface area contributed by atoms with E-state index in [1.165, 1.54) is 4.90 Å². The third kappa shape index (κ3) is 8.41. The number of carbonyl (C=O) groups excluding carboxylic acids is 2. The molecule has 2 amide bonds. The van der Waals surface area contributed by atoms with E-state index in [0.29, 0.717) is 5.69 Å². The van der Waals surface area contributed by atoms with Gasteiger partial charge in [-0.3, -0.25) is 13.9 Å². The van der Waals surface area contributed by atoms with Crippen molar-refractivity contribution in [3.63, 3.8) is 0 Å². The van der Waals surface area contributed by atoms with Gasteiger partial charge in [0.2, 0.25) is 21.8 Å². The Balaban J connectivity index is 2.09. The number of rotatable bonds is 12. The molecule has 40 heavy (non-hydrogen) atoms. The van der Waals surface area contributed by atoms with Crippen LogP contribution in [-0.2, 0) is 32.6 Å². The SMILES string of the molecule is CC[C@@H](C)NC(=O)[C@H](Cc1ccccc1)N(Cc1cccc(Br)c1)C(=O)CN(c1cccc(C)c1C)S(C)(=O)=O. The Labute approximate surface area is 246 Å². The Kier molecular flexibility index (Phi) is 10.9. The van der Waals surface area contributed by atoms with Gasteiger partial charge < -0.3 is 10.2 Å². The van der Waals surface area contributed by atoms with Gasteiger partial charge in [0, 0.05) is 23.5 Å². The largest absolute Gasteiger partial charge is 0.352 e. The van der Waals surface area contributed by atoms with Gasteiger partial charge in [-0.05, 0) is 67.6 Å². The Morgan fingerprint density at radius 1 is 0.950 bits per heavy atom. The molecule has 1 N–H and O–H groups in total. The molecule has 0 aliphatic heterocycles. The number of hydrogen-bond acceptors (Lipinski definition) is 4. The monoisotopic (exact) mass is 627 g/mol. The summed E-state index contributed by atoms with van der Waals surface area (Å²) in [7, 11) is -3.82. The Morgan fingerprint density at radius 2 is 1.60 bits per heavy atom. The molecule has 0 radical (unpaired) electrons. The van der Waals surface area contributed by atoms with Gasteiger partial charge in [-0.25, -0.2) is 8.42 Å². The number of anilines is 1. The normalized spacial score (nSPS) is 12.8. The van der Waals surface area contributed by atoms with E-state index in [-0.39, 0.29) is 24.9 Å². The Hall–Kier alpha value is -3.17. The van der Waals surface area contributed by atoms with Crippen molar-refractivity contribution in [2.24, 2.45) is 0 Å². The van der Waals surface area contributed by atoms with Crippen molar-refractivity contribution in [2.75, 3.05) is 17.1 Å². The molecule has 3 rings (SSSR count). The first-order chi connectivity index (χ1) is 18.9. The molecule has 0 fully saturated rings. The molecule has 0 aromatic heterocycles. The van der Waals surface area contributed by atoms with Gasteiger partial charge in [-0.1, -0.05) is 77.5 Å². The van der Waals surface area contributed by atoms with E-state index < -0.39 is 28.5 Å². The number of carbonyl (C=O) groups is 2. The minimum absolute atomic E-state index is 0.0870. The molecule has 3 aromatic carbocycles. The van der Waals surface area contributed by atoms with Crippen LogP contribution in [-0.4, -0.2) is 50.0 Å². The number of amides is 2. The zero-order valence-corrected chi connectivity index (χ0v) is 26.1. The molecule has 7 nitrogen and oxygen atoms in total. The number of benzene rings is 3. The van der Waals surface area contributed by atoms with Gasteiger partial charge in [-0.15, -0.1) is 0 Å². The van der Waals surface area contributed by atoms with Gasteiger partial charge in [0.1, 0.15) is 12.6 Å². The number of sulfonamides is 1. The second kappa shape index (κ2) is 13.9. The average Bonchev–Trinajstić information content (AvgIpc) is 2.90. The van der Waals surface area contributed by atoms with Gasteiger partial charge >= 0.3 is 0 Å². The van der Waals surface area contributed by atoms with Crippen LogP contribution in [0.1, 0.15) is 42.5 Å². The summed E-state index contributed by atoms with van der Waals surface area (Å²) in [6, 6.07) is 21.5. The lowest BCUT2D eigenvalue weighted by Gasteiger charge is -2.34. The molecule has 0 aliphatic carbocycles. The molecule has 9 heteroatoms. The fraction of sp³-hybridized carbons (Fsp3) is 0.355. The van der Waals surface area contributed by atoms with E-state index in [2.05, 4.69) is 21.2 Å². The maximum Gasteiger partial charge on any atom is 0.244 e. The predicted octanol–water partition coefficient (Wildman–Crippen LogP) is 5.39. The van der Waals surface area contributed by atoms with Crippen molar-refractivity contribution in [1.29, 1.82) is 0 Å². The predicted molar refractivity (Wildman–Crippen MR) is 165 cm³/mol. The second-order valence-electron chi connectivity index (χ2n) is 10.2. The zero-order chi connectivity index (χ0) is 29.4. The van der Waals surface area contributed by atoms with E-state index in [1.54, 1.807) is 12.1 Å². The van der Waals surface area contributed by atoms with Crippen LogP contribution in [0.4, 0.5) is 5.69 Å². The first-order valence-electron chi connectivity index (χ1n) is 13.3. The fourth-order valence-electron chi connectivity index (χ4n) is 4.43. The highest BCUT2D eigenvalue weighted by Crippen LogP contribution is 2.26. The van der Waals surface area contributed by atoms with Crippen LogP contribution in [0.25, 0.3) is 0 Å². The minimum Gasteiger partial charge on any atom is -0.352 e. The smallest absolute Gasteiger partial charge is 0.244 e. The van der Waals surface area contributed by atoms with Crippen LogP contribution in [0.2, 0.25) is 0 Å². The number of nitrogens with one attached hydrogen (secondary N) is 1. The van der Waals surface area contributed by atoms with Crippen LogP contribution in [0.5, 0.6) is 0 Å². The summed E-state index contributed by atoms with van der Waals surface area (Å²) < 4.78 is 28.0. The third-order valence-corrected chi connectivity index (χ3v) is 8.66. The van der Waals surface area contributed by atoms with E-state index in [4.69, 9.17) is 0 Å². The number of halogens is 1. The first-order valence-corrected chi connectivity index (χ1v) is 16.0. The summed E-state index contributed by atoms with van der Waals surface area (Å²) in [5.41, 5.74) is 3.85. The van der Waals surface area contributed by atoms with Gasteiger partial charge in [0.25, 0.3) is 0 Å². The molecular formula is C31H38BrN3O4S. The molecule has 0 aliphatic rings. The molecule has 2 atom stereocenters. The van der Waals surface area contributed by atoms with Crippen molar-refractivity contribution < 1.29 is 18.0 Å². The van der Waals surface area contributed by atoms with Crippen LogP contribution >= 0.6 is 15.9 Å². The molecule has 0 saturated carbocycles. The highest BCUT2D eigenvalue weighted by Gasteiger charge is 2.33. The van der Waals surface area contributed by atoms with Gasteiger partial charge in [0.15, 0.2) is 0 Å². The van der Waals surface area contributed by atoms with Crippen molar-refractivity contribution in [1.82, 2.24) is 10.2 Å². The molecule has 0 heterocycles. The summed E-state index contributed by atoms with van der Waals surface area (Å²) in [5.74, 6) is -0.745. The molecular weight excluding hydrogens is 590 g/mol. The maximum atomic E-state index is 14.2. The Bertz CT molecular complexity index is 1430. The zero-order valence-electron chi connectivity index (χ0n) is 23.7. The molecule has 0 unspecified atom stereocenters. The van der Waals surface area contributed by atoms with E-state index in [1.807, 2.05) is 88.4 Å². The molecule has 3 aromatic rings. The Morgan fingerprint density at radius 3 is 2.23 bits per heavy atom. The fourth-order valence-corrected chi connectivity index (χ4v) is 5.77. The summed E-state index contributed by atoms with van der Waals surface area (Å²) in [6.45, 7) is 7.34. The number of aryl methyl sites for hydroxylation is 1. The van der Waals surface area contributed by atoms with Crippen molar-refractivity contribution in [3.05, 3.63) is 99.5 Å². The van der Waals surface area contributed by atoms with Crippen LogP contribution in [0.15, 0.2) is 77.3 Å². The number of hydrogen-bond donors (Lipinski definition) is 1. The first kappa shape index (κ1) is 31.4. The third-order valence-electron chi connectivity index (χ3n) is 7.04. The molecule has 0 spiro atoms. The lowest BCUT2D eigenvalue weighted by Crippen LogP contribution is -2.54. The highest BCUT2D eigenvalue weighted by atomic mass is 79.9. The standard InChI is InChI=1S/C31H38BrN3O4S/c1-6-23(3)33-31(37)29(19-25-13-8-7-9-14-25)34(20-26-15-11-16-27(32)18-26)30(36)21-35(40(5,38)39)28-17-10-12-22(2)24(28)4/h7-18,23,29H,6,19-21H2,1-5H3,(H,33,37)/t23-,29+/m1/s1. The average molecular weight is 629 g/mol. The van der Waals surface area contributed by atoms with Gasteiger partial charge in [-0.2, -0.15) is 0 Å². The van der Waals surface area contributed by atoms with Crippen molar-refractivity contribution in [2.45, 2.75) is 59.2 Å². The summed E-state index contributed by atoms with van der Waals surface area (Å²) >= 11 is 3.49.